The number of piperazine rings is 1. The first-order valence-corrected chi connectivity index (χ1v) is 9.42. The van der Waals surface area contributed by atoms with Gasteiger partial charge in [-0.3, -0.25) is 9.69 Å². The van der Waals surface area contributed by atoms with E-state index in [0.717, 1.165) is 5.82 Å². The molecule has 1 atom stereocenters. The van der Waals surface area contributed by atoms with Gasteiger partial charge in [0.05, 0.1) is 0 Å². The van der Waals surface area contributed by atoms with E-state index in [2.05, 4.69) is 9.88 Å². The second-order valence-corrected chi connectivity index (χ2v) is 7.10. The predicted octanol–water partition coefficient (Wildman–Crippen LogP) is 2.22. The Hall–Kier alpha value is -3.39. The van der Waals surface area contributed by atoms with Crippen LogP contribution in [0.1, 0.15) is 22.1 Å². The average Bonchev–Trinajstić information content (AvgIpc) is 3.02. The van der Waals surface area contributed by atoms with Gasteiger partial charge >= 0.3 is 11.9 Å². The SMILES string of the molecule is Cn1c(C(=O)O)c([C@@H](C(=O)O)N2CCN(c3ccccn3)CC2)c2ccccc21. The van der Waals surface area contributed by atoms with E-state index >= 15 is 0 Å². The number of carbonyl (C=O) groups is 2. The molecule has 0 unspecified atom stereocenters. The van der Waals surface area contributed by atoms with E-state index in [-0.39, 0.29) is 5.69 Å². The fourth-order valence-corrected chi connectivity index (χ4v) is 4.17. The van der Waals surface area contributed by atoms with Crippen molar-refractivity contribution in [1.82, 2.24) is 14.5 Å². The molecule has 0 radical (unpaired) electrons. The number of pyridine rings is 1. The van der Waals surface area contributed by atoms with Crippen LogP contribution in [0, 0.1) is 0 Å². The van der Waals surface area contributed by atoms with Crippen LogP contribution in [0.5, 0.6) is 0 Å². The number of hydrogen-bond donors (Lipinski definition) is 2. The summed E-state index contributed by atoms with van der Waals surface area (Å²) in [7, 11) is 1.66. The lowest BCUT2D eigenvalue weighted by Crippen LogP contribution is -2.49. The molecule has 3 aromatic rings. The van der Waals surface area contributed by atoms with Gasteiger partial charge < -0.3 is 19.7 Å². The van der Waals surface area contributed by atoms with Gasteiger partial charge in [-0.05, 0) is 18.2 Å². The highest BCUT2D eigenvalue weighted by atomic mass is 16.4. The van der Waals surface area contributed by atoms with Gasteiger partial charge in [0.15, 0.2) is 0 Å². The third-order valence-electron chi connectivity index (χ3n) is 5.51. The molecule has 0 aliphatic carbocycles. The van der Waals surface area contributed by atoms with Crippen LogP contribution in [0.4, 0.5) is 5.82 Å². The number of benzene rings is 1. The molecule has 2 aromatic heterocycles. The molecule has 2 N–H and O–H groups in total. The fraction of sp³-hybridized carbons (Fsp3) is 0.286. The summed E-state index contributed by atoms with van der Waals surface area (Å²) in [5.41, 5.74) is 1.07. The Bertz CT molecular complexity index is 1060. The van der Waals surface area contributed by atoms with Crippen LogP contribution in [0.15, 0.2) is 48.7 Å². The van der Waals surface area contributed by atoms with Crippen molar-refractivity contribution in [2.45, 2.75) is 6.04 Å². The second kappa shape index (κ2) is 7.56. The molecule has 1 aliphatic rings. The van der Waals surface area contributed by atoms with Crippen molar-refractivity contribution in [3.05, 3.63) is 59.9 Å². The lowest BCUT2D eigenvalue weighted by molar-refractivity contribution is -0.143. The number of aromatic carboxylic acids is 1. The van der Waals surface area contributed by atoms with Crippen molar-refractivity contribution < 1.29 is 19.8 Å². The summed E-state index contributed by atoms with van der Waals surface area (Å²) in [6.45, 7) is 2.23. The van der Waals surface area contributed by atoms with E-state index in [4.69, 9.17) is 0 Å². The molecular weight excluding hydrogens is 372 g/mol. The van der Waals surface area contributed by atoms with Crippen molar-refractivity contribution in [1.29, 1.82) is 0 Å². The lowest BCUT2D eigenvalue weighted by atomic mass is 10.00. The second-order valence-electron chi connectivity index (χ2n) is 7.10. The molecule has 0 amide bonds. The smallest absolute Gasteiger partial charge is 0.352 e. The minimum Gasteiger partial charge on any atom is -0.480 e. The molecule has 1 fully saturated rings. The number of carboxylic acid groups (broad SMARTS) is 2. The molecule has 1 saturated heterocycles. The molecular formula is C21H22N4O4. The minimum atomic E-state index is -1.13. The number of nitrogens with zero attached hydrogens (tertiary/aromatic N) is 4. The number of anilines is 1. The van der Waals surface area contributed by atoms with Crippen LogP contribution in [0.2, 0.25) is 0 Å². The molecule has 150 valence electrons. The number of carboxylic acids is 2. The van der Waals surface area contributed by atoms with Crippen LogP contribution in [-0.4, -0.2) is 62.8 Å². The molecule has 8 heteroatoms. The molecule has 29 heavy (non-hydrogen) atoms. The van der Waals surface area contributed by atoms with Gasteiger partial charge in [0.2, 0.25) is 0 Å². The number of para-hydroxylation sites is 1. The first-order chi connectivity index (χ1) is 14.0. The summed E-state index contributed by atoms with van der Waals surface area (Å²) in [6, 6.07) is 11.9. The predicted molar refractivity (Wildman–Crippen MR) is 108 cm³/mol. The summed E-state index contributed by atoms with van der Waals surface area (Å²) < 4.78 is 1.56. The maximum absolute atomic E-state index is 12.3. The number of hydrogen-bond acceptors (Lipinski definition) is 5. The maximum Gasteiger partial charge on any atom is 0.352 e. The summed E-state index contributed by atoms with van der Waals surface area (Å²) in [5.74, 6) is -1.32. The Morgan fingerprint density at radius 1 is 1.00 bits per heavy atom. The van der Waals surface area contributed by atoms with Gasteiger partial charge in [0.1, 0.15) is 17.6 Å². The van der Waals surface area contributed by atoms with Crippen LogP contribution in [0.25, 0.3) is 10.9 Å². The maximum atomic E-state index is 12.3. The van der Waals surface area contributed by atoms with E-state index in [1.54, 1.807) is 29.9 Å². The van der Waals surface area contributed by atoms with E-state index in [9.17, 15) is 19.8 Å². The summed E-state index contributed by atoms with van der Waals surface area (Å²) >= 11 is 0. The van der Waals surface area contributed by atoms with Gasteiger partial charge in [-0.2, -0.15) is 0 Å². The Morgan fingerprint density at radius 3 is 2.31 bits per heavy atom. The Kier molecular flexibility index (Phi) is 4.94. The first-order valence-electron chi connectivity index (χ1n) is 9.42. The fourth-order valence-electron chi connectivity index (χ4n) is 4.17. The quantitative estimate of drug-likeness (QED) is 0.685. The van der Waals surface area contributed by atoms with E-state index in [1.807, 2.05) is 35.2 Å². The van der Waals surface area contributed by atoms with Gasteiger partial charge in [0, 0.05) is 55.9 Å². The van der Waals surface area contributed by atoms with Gasteiger partial charge in [-0.25, -0.2) is 9.78 Å². The van der Waals surface area contributed by atoms with Gasteiger partial charge in [0.25, 0.3) is 0 Å². The van der Waals surface area contributed by atoms with Crippen molar-refractivity contribution in [2.24, 2.45) is 7.05 Å². The Labute approximate surface area is 167 Å². The molecule has 3 heterocycles. The molecule has 1 aliphatic heterocycles. The summed E-state index contributed by atoms with van der Waals surface area (Å²) in [6.07, 6.45) is 1.73. The highest BCUT2D eigenvalue weighted by Gasteiger charge is 2.36. The zero-order valence-electron chi connectivity index (χ0n) is 16.0. The monoisotopic (exact) mass is 394 g/mol. The van der Waals surface area contributed by atoms with Crippen LogP contribution >= 0.6 is 0 Å². The van der Waals surface area contributed by atoms with Crippen LogP contribution < -0.4 is 4.90 Å². The van der Waals surface area contributed by atoms with Crippen molar-refractivity contribution in [2.75, 3.05) is 31.1 Å². The van der Waals surface area contributed by atoms with Crippen molar-refractivity contribution in [3.8, 4) is 0 Å². The number of fused-ring (bicyclic) bond motifs is 1. The number of rotatable bonds is 5. The summed E-state index contributed by atoms with van der Waals surface area (Å²) in [4.78, 5) is 32.6. The highest BCUT2D eigenvalue weighted by Crippen LogP contribution is 2.34. The molecule has 0 saturated carbocycles. The van der Waals surface area contributed by atoms with Crippen molar-refractivity contribution in [3.63, 3.8) is 0 Å². The van der Waals surface area contributed by atoms with Gasteiger partial charge in [-0.1, -0.05) is 24.3 Å². The van der Waals surface area contributed by atoms with Crippen LogP contribution in [-0.2, 0) is 11.8 Å². The first kappa shape index (κ1) is 18.9. The molecule has 0 spiro atoms. The average molecular weight is 394 g/mol. The lowest BCUT2D eigenvalue weighted by Gasteiger charge is -2.38. The molecule has 0 bridgehead atoms. The van der Waals surface area contributed by atoms with E-state index < -0.39 is 18.0 Å². The third-order valence-corrected chi connectivity index (χ3v) is 5.51. The molecule has 1 aromatic carbocycles. The van der Waals surface area contributed by atoms with Crippen molar-refractivity contribution >= 4 is 28.7 Å². The van der Waals surface area contributed by atoms with Crippen LogP contribution in [0.3, 0.4) is 0 Å². The number of aliphatic carboxylic acids is 1. The normalized spacial score (nSPS) is 16.1. The molecule has 8 nitrogen and oxygen atoms in total. The van der Waals surface area contributed by atoms with E-state index in [1.165, 1.54) is 0 Å². The largest absolute Gasteiger partial charge is 0.480 e. The van der Waals surface area contributed by atoms with Gasteiger partial charge in [-0.15, -0.1) is 0 Å². The minimum absolute atomic E-state index is 0.0192. The third kappa shape index (κ3) is 3.31. The van der Waals surface area contributed by atoms with E-state index in [0.29, 0.717) is 42.6 Å². The summed E-state index contributed by atoms with van der Waals surface area (Å²) in [5, 5.41) is 20.5. The number of aryl methyl sites for hydroxylation is 1. The zero-order chi connectivity index (χ0) is 20.5. The Balaban J connectivity index is 1.70. The standard InChI is InChI=1S/C21H22N4O4/c1-23-15-7-3-2-6-14(15)17(18(23)20(26)27)19(21(28)29)25-12-10-24(11-13-25)16-8-4-5-9-22-16/h2-9,19H,10-13H2,1H3,(H,26,27)(H,28,29)/t19-/m0/s1. The Morgan fingerprint density at radius 2 is 1.69 bits per heavy atom. The highest BCUT2D eigenvalue weighted by molar-refractivity contribution is 6.01. The topological polar surface area (TPSA) is 98.9 Å². The number of aromatic nitrogens is 2. The zero-order valence-corrected chi connectivity index (χ0v) is 16.0. The molecule has 4 rings (SSSR count).